The SMILES string of the molecule is CC(=O)Oc1ccccc1[C@H]1CC(=O)C[C@H](c2ccccc2OC(C)=O)C12C(=O)c1ccccc1C2=O. The van der Waals surface area contributed by atoms with Gasteiger partial charge in [0.2, 0.25) is 0 Å². The number of ketones is 3. The van der Waals surface area contributed by atoms with E-state index in [9.17, 15) is 24.0 Å². The molecule has 3 aromatic carbocycles. The van der Waals surface area contributed by atoms with Crippen LogP contribution in [0, 0.1) is 5.41 Å². The highest BCUT2D eigenvalue weighted by molar-refractivity contribution is 6.31. The van der Waals surface area contributed by atoms with E-state index in [2.05, 4.69) is 0 Å². The first-order valence-electron chi connectivity index (χ1n) is 12.0. The van der Waals surface area contributed by atoms with E-state index in [4.69, 9.17) is 9.47 Å². The van der Waals surface area contributed by atoms with E-state index < -0.39 is 40.8 Å². The quantitative estimate of drug-likeness (QED) is 0.289. The summed E-state index contributed by atoms with van der Waals surface area (Å²) in [5.41, 5.74) is -0.284. The van der Waals surface area contributed by atoms with E-state index in [1.54, 1.807) is 72.8 Å². The Kier molecular flexibility index (Phi) is 6.07. The van der Waals surface area contributed by atoms with Crippen LogP contribution in [0.5, 0.6) is 11.5 Å². The molecular formula is C30H24O7. The first-order chi connectivity index (χ1) is 17.7. The average molecular weight is 497 g/mol. The van der Waals surface area contributed by atoms with Crippen LogP contribution in [0.25, 0.3) is 0 Å². The van der Waals surface area contributed by atoms with E-state index in [0.717, 1.165) is 0 Å². The molecule has 0 amide bonds. The largest absolute Gasteiger partial charge is 0.426 e. The van der Waals surface area contributed by atoms with Gasteiger partial charge >= 0.3 is 11.9 Å². The Morgan fingerprint density at radius 1 is 0.649 bits per heavy atom. The number of esters is 2. The molecule has 7 heteroatoms. The van der Waals surface area contributed by atoms with E-state index in [0.29, 0.717) is 11.1 Å². The zero-order chi connectivity index (χ0) is 26.3. The summed E-state index contributed by atoms with van der Waals surface area (Å²) in [5.74, 6) is -3.51. The standard InChI is InChI=1S/C30H24O7/c1-17(31)36-26-13-7-5-11-22(26)24-15-19(33)16-25(23-12-6-8-14-27(23)37-18(2)32)30(24)28(34)20-9-3-4-10-21(20)29(30)35/h3-14,24-25H,15-16H2,1-2H3/t24-,25-/m1/s1. The normalized spacial score (nSPS) is 20.0. The molecule has 2 aliphatic carbocycles. The molecule has 0 saturated heterocycles. The van der Waals surface area contributed by atoms with E-state index in [1.165, 1.54) is 13.8 Å². The number of benzene rings is 3. The van der Waals surface area contributed by atoms with Gasteiger partial charge in [-0.3, -0.25) is 24.0 Å². The molecule has 1 fully saturated rings. The van der Waals surface area contributed by atoms with Gasteiger partial charge in [0.15, 0.2) is 11.6 Å². The molecule has 2 aliphatic rings. The number of hydrogen-bond acceptors (Lipinski definition) is 7. The van der Waals surface area contributed by atoms with Crippen molar-refractivity contribution < 1.29 is 33.4 Å². The van der Waals surface area contributed by atoms with Gasteiger partial charge < -0.3 is 9.47 Å². The number of carbonyl (C=O) groups is 5. The Morgan fingerprint density at radius 2 is 1.03 bits per heavy atom. The Bertz CT molecular complexity index is 1360. The summed E-state index contributed by atoms with van der Waals surface area (Å²) in [6.45, 7) is 2.52. The Labute approximate surface area is 213 Å². The lowest BCUT2D eigenvalue weighted by Crippen LogP contribution is -2.49. The van der Waals surface area contributed by atoms with Crippen LogP contribution in [-0.2, 0) is 14.4 Å². The highest BCUT2D eigenvalue weighted by Crippen LogP contribution is 2.62. The molecule has 0 aromatic heterocycles. The predicted molar refractivity (Wildman–Crippen MR) is 133 cm³/mol. The van der Waals surface area contributed by atoms with Crippen molar-refractivity contribution in [3.63, 3.8) is 0 Å². The second kappa shape index (κ2) is 9.24. The third-order valence-corrected chi connectivity index (χ3v) is 7.23. The van der Waals surface area contributed by atoms with Crippen molar-refractivity contribution in [3.05, 3.63) is 95.1 Å². The van der Waals surface area contributed by atoms with Gasteiger partial charge in [-0.05, 0) is 23.3 Å². The third-order valence-electron chi connectivity index (χ3n) is 7.23. The molecule has 0 heterocycles. The molecule has 0 N–H and O–H groups in total. The second-order valence-corrected chi connectivity index (χ2v) is 9.39. The predicted octanol–water partition coefficient (Wildman–Crippen LogP) is 4.83. The maximum absolute atomic E-state index is 14.4. The fourth-order valence-electron chi connectivity index (χ4n) is 5.91. The number of ether oxygens (including phenoxy) is 2. The third kappa shape index (κ3) is 3.87. The lowest BCUT2D eigenvalue weighted by molar-refractivity contribution is -0.132. The number of hydrogen-bond donors (Lipinski definition) is 0. The maximum Gasteiger partial charge on any atom is 0.308 e. The molecule has 1 saturated carbocycles. The molecule has 5 rings (SSSR count). The van der Waals surface area contributed by atoms with Gasteiger partial charge in [-0.1, -0.05) is 60.7 Å². The topological polar surface area (TPSA) is 104 Å². The average Bonchev–Trinajstić information content (AvgIpc) is 3.08. The van der Waals surface area contributed by atoms with Crippen molar-refractivity contribution >= 4 is 29.3 Å². The van der Waals surface area contributed by atoms with Crippen LogP contribution in [0.4, 0.5) is 0 Å². The summed E-state index contributed by atoms with van der Waals surface area (Å²) in [7, 11) is 0. The lowest BCUT2D eigenvalue weighted by Gasteiger charge is -2.45. The van der Waals surface area contributed by atoms with Gasteiger partial charge in [0.1, 0.15) is 22.7 Å². The number of Topliss-reactive ketones (excluding diaryl/α,β-unsaturated/α-hetero) is 3. The van der Waals surface area contributed by atoms with Crippen molar-refractivity contribution in [1.29, 1.82) is 0 Å². The van der Waals surface area contributed by atoms with Crippen molar-refractivity contribution in [3.8, 4) is 11.5 Å². The van der Waals surface area contributed by atoms with Crippen LogP contribution in [-0.4, -0.2) is 29.3 Å². The molecule has 7 nitrogen and oxygen atoms in total. The Hall–Kier alpha value is -4.39. The minimum Gasteiger partial charge on any atom is -0.426 e. The van der Waals surface area contributed by atoms with Crippen molar-refractivity contribution in [2.24, 2.45) is 5.41 Å². The van der Waals surface area contributed by atoms with Gasteiger partial charge in [-0.15, -0.1) is 0 Å². The molecule has 1 spiro atoms. The summed E-state index contributed by atoms with van der Waals surface area (Å²) < 4.78 is 10.9. The Balaban J connectivity index is 1.81. The van der Waals surface area contributed by atoms with Crippen LogP contribution in [0.1, 0.15) is 70.4 Å². The van der Waals surface area contributed by atoms with Crippen molar-refractivity contribution in [2.75, 3.05) is 0 Å². The summed E-state index contributed by atoms with van der Waals surface area (Å²) >= 11 is 0. The Morgan fingerprint density at radius 3 is 1.43 bits per heavy atom. The van der Waals surface area contributed by atoms with Crippen LogP contribution >= 0.6 is 0 Å². The zero-order valence-electron chi connectivity index (χ0n) is 20.4. The smallest absolute Gasteiger partial charge is 0.308 e. The molecule has 2 atom stereocenters. The summed E-state index contributed by atoms with van der Waals surface area (Å²) in [4.78, 5) is 65.8. The minimum absolute atomic E-state index is 0.0873. The first kappa shape index (κ1) is 24.3. The van der Waals surface area contributed by atoms with E-state index in [-0.39, 0.29) is 41.3 Å². The van der Waals surface area contributed by atoms with Crippen LogP contribution in [0.3, 0.4) is 0 Å². The van der Waals surface area contributed by atoms with E-state index in [1.807, 2.05) is 0 Å². The van der Waals surface area contributed by atoms with Crippen LogP contribution in [0.2, 0.25) is 0 Å². The van der Waals surface area contributed by atoms with Crippen LogP contribution < -0.4 is 9.47 Å². The highest BCUT2D eigenvalue weighted by Gasteiger charge is 2.65. The van der Waals surface area contributed by atoms with Gasteiger partial charge in [0, 0.05) is 49.7 Å². The van der Waals surface area contributed by atoms with Gasteiger partial charge in [0.05, 0.1) is 0 Å². The second-order valence-electron chi connectivity index (χ2n) is 9.39. The fourth-order valence-corrected chi connectivity index (χ4v) is 5.91. The van der Waals surface area contributed by atoms with Crippen molar-refractivity contribution in [2.45, 2.75) is 38.5 Å². The summed E-state index contributed by atoms with van der Waals surface area (Å²) in [6.07, 6.45) is -0.175. The van der Waals surface area contributed by atoms with Gasteiger partial charge in [0.25, 0.3) is 0 Å². The molecule has 0 radical (unpaired) electrons. The molecule has 0 aliphatic heterocycles. The van der Waals surface area contributed by atoms with E-state index >= 15 is 0 Å². The number of fused-ring (bicyclic) bond motifs is 1. The molecule has 186 valence electrons. The number of para-hydroxylation sites is 2. The summed E-state index contributed by atoms with van der Waals surface area (Å²) in [6, 6.07) is 20.0. The van der Waals surface area contributed by atoms with Crippen molar-refractivity contribution in [1.82, 2.24) is 0 Å². The highest BCUT2D eigenvalue weighted by atomic mass is 16.5. The molecule has 0 unspecified atom stereocenters. The number of rotatable bonds is 4. The zero-order valence-corrected chi connectivity index (χ0v) is 20.4. The fraction of sp³-hybridized carbons (Fsp3) is 0.233. The summed E-state index contributed by atoms with van der Waals surface area (Å²) in [5, 5.41) is 0. The maximum atomic E-state index is 14.4. The minimum atomic E-state index is -1.70. The molecule has 37 heavy (non-hydrogen) atoms. The number of carbonyl (C=O) groups excluding carboxylic acids is 5. The molecule has 3 aromatic rings. The lowest BCUT2D eigenvalue weighted by atomic mass is 9.53. The van der Waals surface area contributed by atoms with Gasteiger partial charge in [-0.25, -0.2) is 0 Å². The van der Waals surface area contributed by atoms with Crippen LogP contribution in [0.15, 0.2) is 72.8 Å². The molecular weight excluding hydrogens is 472 g/mol. The first-order valence-corrected chi connectivity index (χ1v) is 12.0. The molecule has 0 bridgehead atoms. The van der Waals surface area contributed by atoms with Gasteiger partial charge in [-0.2, -0.15) is 0 Å². The monoisotopic (exact) mass is 496 g/mol.